The van der Waals surface area contributed by atoms with Gasteiger partial charge in [-0.05, 0) is 65.9 Å². The standard InChI is InChI=1S/C27H26Cl2O6S2/c1-35-16-23(18-3-9-21(10-4-18)37(33,34)22-11-12-22)26(30)15-17-13-24(28)27(25(29)14-17)19-5-7-20(8-6-19)36(2,31)32/h3-10,13-14,22-23H,11-12,15-16H2,1-2H3. The summed E-state index contributed by atoms with van der Waals surface area (Å²) in [5.41, 5.74) is 2.48. The molecule has 1 aliphatic rings. The summed E-state index contributed by atoms with van der Waals surface area (Å²) in [7, 11) is -5.14. The predicted octanol–water partition coefficient (Wildman–Crippen LogP) is 5.54. The zero-order valence-electron chi connectivity index (χ0n) is 20.3. The van der Waals surface area contributed by atoms with E-state index in [-0.39, 0.29) is 33.9 Å². The number of hydrogen-bond donors (Lipinski definition) is 0. The summed E-state index contributed by atoms with van der Waals surface area (Å²) in [5.74, 6) is -0.722. The maximum Gasteiger partial charge on any atom is 0.181 e. The Morgan fingerprint density at radius 3 is 1.95 bits per heavy atom. The molecule has 0 aliphatic heterocycles. The molecule has 0 saturated heterocycles. The molecule has 6 nitrogen and oxygen atoms in total. The van der Waals surface area contributed by atoms with E-state index >= 15 is 0 Å². The van der Waals surface area contributed by atoms with Crippen LogP contribution < -0.4 is 0 Å². The lowest BCUT2D eigenvalue weighted by molar-refractivity contribution is -0.121. The van der Waals surface area contributed by atoms with Crippen molar-refractivity contribution in [1.29, 1.82) is 0 Å². The van der Waals surface area contributed by atoms with Gasteiger partial charge in [0.05, 0.1) is 37.6 Å². The van der Waals surface area contributed by atoms with Crippen LogP contribution in [0.4, 0.5) is 0 Å². The van der Waals surface area contributed by atoms with Crippen LogP contribution in [0.5, 0.6) is 0 Å². The van der Waals surface area contributed by atoms with Crippen LogP contribution in [-0.4, -0.2) is 47.8 Å². The summed E-state index contributed by atoms with van der Waals surface area (Å²) < 4.78 is 53.7. The van der Waals surface area contributed by atoms with Crippen LogP contribution in [0.1, 0.15) is 29.9 Å². The maximum atomic E-state index is 13.3. The second kappa shape index (κ2) is 10.9. The highest BCUT2D eigenvalue weighted by Crippen LogP contribution is 2.37. The highest BCUT2D eigenvalue weighted by Gasteiger charge is 2.37. The first kappa shape index (κ1) is 27.8. The highest BCUT2D eigenvalue weighted by atomic mass is 35.5. The van der Waals surface area contributed by atoms with E-state index in [0.717, 1.165) is 6.26 Å². The van der Waals surface area contributed by atoms with E-state index in [9.17, 15) is 21.6 Å². The quantitative estimate of drug-likeness (QED) is 0.312. The lowest BCUT2D eigenvalue weighted by atomic mass is 9.91. The van der Waals surface area contributed by atoms with Gasteiger partial charge in [0, 0.05) is 25.3 Å². The van der Waals surface area contributed by atoms with E-state index in [4.69, 9.17) is 27.9 Å². The fourth-order valence-corrected chi connectivity index (χ4v) is 7.24. The Labute approximate surface area is 227 Å². The van der Waals surface area contributed by atoms with Crippen LogP contribution in [0.3, 0.4) is 0 Å². The fraction of sp³-hybridized carbons (Fsp3) is 0.296. The minimum atomic E-state index is -3.33. The molecule has 1 saturated carbocycles. The zero-order valence-corrected chi connectivity index (χ0v) is 23.4. The zero-order chi connectivity index (χ0) is 27.0. The molecule has 4 rings (SSSR count). The average Bonchev–Trinajstić information content (AvgIpc) is 3.68. The van der Waals surface area contributed by atoms with Gasteiger partial charge in [-0.25, -0.2) is 16.8 Å². The molecule has 3 aromatic carbocycles. The third-order valence-corrected chi connectivity index (χ3v) is 10.4. The smallest absolute Gasteiger partial charge is 0.181 e. The summed E-state index contributed by atoms with van der Waals surface area (Å²) in [6.07, 6.45) is 2.55. The van der Waals surface area contributed by atoms with Crippen LogP contribution in [0, 0.1) is 0 Å². The van der Waals surface area contributed by atoms with Crippen molar-refractivity contribution in [3.05, 3.63) is 81.8 Å². The Kier molecular flexibility index (Phi) is 8.16. The molecule has 0 amide bonds. The first-order valence-corrected chi connectivity index (χ1v) is 15.7. The van der Waals surface area contributed by atoms with Gasteiger partial charge in [0.1, 0.15) is 5.78 Å². The lowest BCUT2D eigenvalue weighted by Crippen LogP contribution is -2.20. The number of ether oxygens (including phenoxy) is 1. The third-order valence-electron chi connectivity index (χ3n) is 6.35. The Balaban J connectivity index is 1.55. The van der Waals surface area contributed by atoms with Gasteiger partial charge in [0.15, 0.2) is 19.7 Å². The summed E-state index contributed by atoms with van der Waals surface area (Å²) in [6.45, 7) is 0.139. The normalized spacial score (nSPS) is 14.9. The van der Waals surface area contributed by atoms with E-state index in [1.54, 1.807) is 48.5 Å². The molecular formula is C27H26Cl2O6S2. The molecular weight excluding hydrogens is 555 g/mol. The molecule has 196 valence electrons. The van der Waals surface area contributed by atoms with Crippen LogP contribution in [-0.2, 0) is 35.6 Å². The summed E-state index contributed by atoms with van der Waals surface area (Å²) >= 11 is 13.1. The molecule has 0 aromatic heterocycles. The van der Waals surface area contributed by atoms with Crippen LogP contribution >= 0.6 is 23.2 Å². The molecule has 0 N–H and O–H groups in total. The van der Waals surface area contributed by atoms with Gasteiger partial charge >= 0.3 is 0 Å². The molecule has 1 fully saturated rings. The second-order valence-corrected chi connectivity index (χ2v) is 14.3. The molecule has 10 heteroatoms. The van der Waals surface area contributed by atoms with Crippen molar-refractivity contribution in [2.24, 2.45) is 0 Å². The molecule has 0 heterocycles. The summed E-state index contributed by atoms with van der Waals surface area (Å²) in [5, 5.41) is 0.366. The SMILES string of the molecule is COCC(C(=O)Cc1cc(Cl)c(-c2ccc(S(C)(=O)=O)cc2)c(Cl)c1)c1ccc(S(=O)(=O)C2CC2)cc1. The van der Waals surface area contributed by atoms with E-state index in [1.807, 2.05) is 0 Å². The number of ketones is 1. The number of rotatable bonds is 10. The first-order chi connectivity index (χ1) is 17.4. The number of hydrogen-bond acceptors (Lipinski definition) is 6. The first-order valence-electron chi connectivity index (χ1n) is 11.6. The van der Waals surface area contributed by atoms with Crippen LogP contribution in [0.25, 0.3) is 11.1 Å². The summed E-state index contributed by atoms with van der Waals surface area (Å²) in [6, 6.07) is 16.0. The predicted molar refractivity (Wildman–Crippen MR) is 145 cm³/mol. The lowest BCUT2D eigenvalue weighted by Gasteiger charge is -2.17. The van der Waals surface area contributed by atoms with Gasteiger partial charge in [-0.15, -0.1) is 0 Å². The minimum absolute atomic E-state index is 0.0445. The van der Waals surface area contributed by atoms with E-state index in [1.165, 1.54) is 19.2 Å². The van der Waals surface area contributed by atoms with Crippen molar-refractivity contribution >= 4 is 48.7 Å². The molecule has 1 aliphatic carbocycles. The Morgan fingerprint density at radius 2 is 1.46 bits per heavy atom. The average molecular weight is 582 g/mol. The topological polar surface area (TPSA) is 94.6 Å². The number of carbonyl (C=O) groups is 1. The van der Waals surface area contributed by atoms with Gasteiger partial charge in [0.25, 0.3) is 0 Å². The third kappa shape index (κ3) is 6.26. The van der Waals surface area contributed by atoms with Crippen molar-refractivity contribution in [2.45, 2.75) is 40.2 Å². The molecule has 0 spiro atoms. The fourth-order valence-electron chi connectivity index (χ4n) is 4.20. The van der Waals surface area contributed by atoms with Gasteiger partial charge in [0.2, 0.25) is 0 Å². The van der Waals surface area contributed by atoms with Crippen LogP contribution in [0.15, 0.2) is 70.5 Å². The van der Waals surface area contributed by atoms with E-state index in [2.05, 4.69) is 0 Å². The van der Waals surface area contributed by atoms with Crippen molar-refractivity contribution < 1.29 is 26.4 Å². The summed E-state index contributed by atoms with van der Waals surface area (Å²) in [4.78, 5) is 13.7. The molecule has 1 unspecified atom stereocenters. The van der Waals surface area contributed by atoms with Crippen LogP contribution in [0.2, 0.25) is 10.0 Å². The Hall–Kier alpha value is -2.23. The van der Waals surface area contributed by atoms with Gasteiger partial charge in [-0.3, -0.25) is 4.79 Å². The number of Topliss-reactive ketones (excluding diaryl/α,β-unsaturated/α-hetero) is 1. The molecule has 1 atom stereocenters. The molecule has 37 heavy (non-hydrogen) atoms. The monoisotopic (exact) mass is 580 g/mol. The van der Waals surface area contributed by atoms with E-state index < -0.39 is 25.6 Å². The Bertz CT molecular complexity index is 1500. The van der Waals surface area contributed by atoms with Crippen molar-refractivity contribution in [2.75, 3.05) is 20.0 Å². The largest absolute Gasteiger partial charge is 0.384 e. The number of halogens is 2. The van der Waals surface area contributed by atoms with E-state index in [0.29, 0.717) is 45.1 Å². The van der Waals surface area contributed by atoms with Gasteiger partial charge < -0.3 is 4.74 Å². The number of sulfone groups is 2. The van der Waals surface area contributed by atoms with Gasteiger partial charge in [-0.1, -0.05) is 47.5 Å². The maximum absolute atomic E-state index is 13.3. The number of carbonyl (C=O) groups excluding carboxylic acids is 1. The minimum Gasteiger partial charge on any atom is -0.384 e. The second-order valence-electron chi connectivity index (χ2n) is 9.20. The van der Waals surface area contributed by atoms with Crippen molar-refractivity contribution in [3.63, 3.8) is 0 Å². The number of benzene rings is 3. The van der Waals surface area contributed by atoms with Crippen molar-refractivity contribution in [3.8, 4) is 11.1 Å². The van der Waals surface area contributed by atoms with Crippen molar-refractivity contribution in [1.82, 2.24) is 0 Å². The van der Waals surface area contributed by atoms with Gasteiger partial charge in [-0.2, -0.15) is 0 Å². The number of methoxy groups -OCH3 is 1. The molecule has 0 radical (unpaired) electrons. The molecule has 0 bridgehead atoms. The highest BCUT2D eigenvalue weighted by molar-refractivity contribution is 7.92. The molecule has 3 aromatic rings. The Morgan fingerprint density at radius 1 is 0.919 bits per heavy atom.